The number of halogens is 17. The molecular weight excluding hydrogens is 509 g/mol. The van der Waals surface area contributed by atoms with Crippen molar-refractivity contribution in [3.63, 3.8) is 0 Å². The van der Waals surface area contributed by atoms with Crippen molar-refractivity contribution < 1.29 is 79.4 Å². The molecule has 2 nitrogen and oxygen atoms in total. The van der Waals surface area contributed by atoms with Crippen molar-refractivity contribution in [2.45, 2.75) is 54.6 Å². The second-order valence-electron chi connectivity index (χ2n) is 6.11. The van der Waals surface area contributed by atoms with Gasteiger partial charge in [-0.15, -0.1) is 0 Å². The van der Waals surface area contributed by atoms with Gasteiger partial charge >= 0.3 is 47.6 Å². The Balaban J connectivity index is 6.53. The molecule has 0 aliphatic carbocycles. The fraction of sp³-hybridized carbons (Fsp3) is 0.769. The number of carbonyl (C=O) groups is 1. The zero-order valence-corrected chi connectivity index (χ0v) is 14.7. The summed E-state index contributed by atoms with van der Waals surface area (Å²) in [6.45, 7) is 0.440. The van der Waals surface area contributed by atoms with E-state index in [4.69, 9.17) is 0 Å². The normalized spacial score (nSPS) is 15.6. The molecule has 0 aromatic rings. The average Bonchev–Trinajstić information content (AvgIpc) is 2.57. The van der Waals surface area contributed by atoms with Gasteiger partial charge in [0.25, 0.3) is 0 Å². The maximum Gasteiger partial charge on any atom is 0.460 e. The quantitative estimate of drug-likeness (QED) is 0.309. The van der Waals surface area contributed by atoms with Gasteiger partial charge in [0.1, 0.15) is 0 Å². The minimum absolute atomic E-state index is 0.714. The molecule has 0 unspecified atom stereocenters. The smallest absolute Gasteiger partial charge is 0.346 e. The summed E-state index contributed by atoms with van der Waals surface area (Å²) in [7, 11) is 0. The molecule has 1 amide bonds. The summed E-state index contributed by atoms with van der Waals surface area (Å²) in [6, 6.07) is 0. The van der Waals surface area contributed by atoms with Crippen LogP contribution in [0.5, 0.6) is 0 Å². The minimum atomic E-state index is -8.68. The second kappa shape index (κ2) is 7.81. The fourth-order valence-electron chi connectivity index (χ4n) is 1.65. The molecule has 0 rings (SSSR count). The van der Waals surface area contributed by atoms with Crippen molar-refractivity contribution in [1.82, 2.24) is 5.32 Å². The molecule has 0 aromatic carbocycles. The molecular formula is C13H8F17NO. The van der Waals surface area contributed by atoms with E-state index in [0.29, 0.717) is 5.32 Å². The van der Waals surface area contributed by atoms with Gasteiger partial charge in [-0.25, -0.2) is 0 Å². The molecule has 0 aliphatic rings. The van der Waals surface area contributed by atoms with E-state index in [-0.39, 0.29) is 0 Å². The first-order valence-electron chi connectivity index (χ1n) is 7.23. The Morgan fingerprint density at radius 3 is 1.16 bits per heavy atom. The van der Waals surface area contributed by atoms with Crippen molar-refractivity contribution >= 4 is 5.91 Å². The van der Waals surface area contributed by atoms with Gasteiger partial charge < -0.3 is 5.32 Å². The molecule has 0 aromatic heterocycles. The van der Waals surface area contributed by atoms with E-state index in [0.717, 1.165) is 6.92 Å². The maximum absolute atomic E-state index is 13.4. The molecule has 0 fully saturated rings. The molecule has 0 radical (unpaired) electrons. The lowest BCUT2D eigenvalue weighted by atomic mass is 9.89. The van der Waals surface area contributed by atoms with Crippen molar-refractivity contribution in [2.75, 3.05) is 6.54 Å². The van der Waals surface area contributed by atoms with E-state index in [2.05, 4.69) is 6.58 Å². The fourth-order valence-corrected chi connectivity index (χ4v) is 1.65. The molecule has 32 heavy (non-hydrogen) atoms. The van der Waals surface area contributed by atoms with Gasteiger partial charge in [-0.1, -0.05) is 6.58 Å². The summed E-state index contributed by atoms with van der Waals surface area (Å²) >= 11 is 0. The third-order valence-corrected chi connectivity index (χ3v) is 3.65. The predicted molar refractivity (Wildman–Crippen MR) is 68.5 cm³/mol. The molecule has 1 N–H and O–H groups in total. The highest BCUT2D eigenvalue weighted by Gasteiger charge is 2.95. The molecule has 0 bridgehead atoms. The van der Waals surface area contributed by atoms with Gasteiger partial charge in [-0.05, 0) is 6.92 Å². The second-order valence-corrected chi connectivity index (χ2v) is 6.11. The lowest BCUT2D eigenvalue weighted by molar-refractivity contribution is -0.461. The monoisotopic (exact) mass is 517 g/mol. The predicted octanol–water partition coefficient (Wildman–Crippen LogP) is 5.69. The van der Waals surface area contributed by atoms with Crippen molar-refractivity contribution in [3.05, 3.63) is 12.2 Å². The molecule has 0 saturated heterocycles. The zero-order valence-electron chi connectivity index (χ0n) is 14.7. The van der Waals surface area contributed by atoms with Crippen LogP contribution in [0.1, 0.15) is 6.92 Å². The SMILES string of the molecule is C=C(C)C(=O)NCC(F)(F)C(F)(F)C(F)(F)C(F)(F)C(F)(F)C(F)(F)C(F)(F)C(F)(F)F. The Morgan fingerprint density at radius 1 is 0.594 bits per heavy atom. The summed E-state index contributed by atoms with van der Waals surface area (Å²) in [4.78, 5) is 10.9. The van der Waals surface area contributed by atoms with E-state index >= 15 is 0 Å². The van der Waals surface area contributed by atoms with Crippen LogP contribution in [0.15, 0.2) is 12.2 Å². The van der Waals surface area contributed by atoms with Crippen LogP contribution in [-0.4, -0.2) is 60.1 Å². The number of alkyl halides is 17. The third kappa shape index (κ3) is 4.06. The summed E-state index contributed by atoms with van der Waals surface area (Å²) in [5, 5.41) is 0.714. The zero-order chi connectivity index (χ0) is 26.6. The molecule has 0 aliphatic heterocycles. The number of amides is 1. The number of nitrogens with one attached hydrogen (secondary N) is 1. The highest BCUT2D eigenvalue weighted by atomic mass is 19.4. The van der Waals surface area contributed by atoms with Crippen molar-refractivity contribution in [2.24, 2.45) is 0 Å². The molecule has 0 spiro atoms. The number of rotatable bonds is 9. The summed E-state index contributed by atoms with van der Waals surface area (Å²) in [5.41, 5.74) is -0.762. The summed E-state index contributed by atoms with van der Waals surface area (Å²) in [6.07, 6.45) is -7.80. The number of hydrogen-bond acceptors (Lipinski definition) is 1. The largest absolute Gasteiger partial charge is 0.460 e. The van der Waals surface area contributed by atoms with Crippen LogP contribution in [0, 0.1) is 0 Å². The van der Waals surface area contributed by atoms with Crippen molar-refractivity contribution in [3.8, 4) is 0 Å². The maximum atomic E-state index is 13.4. The highest BCUT2D eigenvalue weighted by Crippen LogP contribution is 2.63. The first-order valence-corrected chi connectivity index (χ1v) is 7.23. The Morgan fingerprint density at radius 2 is 0.875 bits per heavy atom. The lowest BCUT2D eigenvalue weighted by Gasteiger charge is -2.42. The van der Waals surface area contributed by atoms with E-state index in [1.165, 1.54) is 0 Å². The first kappa shape index (κ1) is 30.0. The van der Waals surface area contributed by atoms with E-state index in [1.807, 2.05) is 0 Å². The van der Waals surface area contributed by atoms with E-state index < -0.39 is 65.7 Å². The van der Waals surface area contributed by atoms with Gasteiger partial charge in [0.2, 0.25) is 5.91 Å². The van der Waals surface area contributed by atoms with Crippen LogP contribution < -0.4 is 5.32 Å². The Hall–Kier alpha value is -1.98. The van der Waals surface area contributed by atoms with Crippen LogP contribution in [0.25, 0.3) is 0 Å². The van der Waals surface area contributed by atoms with Gasteiger partial charge in [-0.3, -0.25) is 4.79 Å². The molecule has 190 valence electrons. The Labute approximate surface area is 165 Å². The first-order chi connectivity index (χ1) is 13.6. The Kier molecular flexibility index (Phi) is 7.32. The lowest BCUT2D eigenvalue weighted by Crippen LogP contribution is -2.75. The number of carbonyl (C=O) groups excluding carboxylic acids is 1. The average molecular weight is 517 g/mol. The minimum Gasteiger partial charge on any atom is -0.346 e. The van der Waals surface area contributed by atoms with Crippen LogP contribution in [0.2, 0.25) is 0 Å². The van der Waals surface area contributed by atoms with Gasteiger partial charge in [0.05, 0.1) is 6.54 Å². The van der Waals surface area contributed by atoms with Crippen LogP contribution in [0.4, 0.5) is 74.6 Å². The standard InChI is InChI=1S/C13H8F17NO/c1-4(2)5(32)31-3-6(14,15)7(16,17)8(18,19)9(20,21)10(22,23)11(24,25)12(26,27)13(28,29)30/h1,3H2,2H3,(H,31,32). The van der Waals surface area contributed by atoms with E-state index in [1.54, 1.807) is 0 Å². The van der Waals surface area contributed by atoms with Gasteiger partial charge in [0, 0.05) is 5.57 Å². The van der Waals surface area contributed by atoms with Gasteiger partial charge in [0.15, 0.2) is 0 Å². The van der Waals surface area contributed by atoms with Gasteiger partial charge in [-0.2, -0.15) is 74.6 Å². The van der Waals surface area contributed by atoms with Crippen LogP contribution >= 0.6 is 0 Å². The van der Waals surface area contributed by atoms with Crippen LogP contribution in [0.3, 0.4) is 0 Å². The molecule has 19 heteroatoms. The number of hydrogen-bond donors (Lipinski definition) is 1. The molecule has 0 atom stereocenters. The summed E-state index contributed by atoms with van der Waals surface area (Å²) < 4.78 is 221. The summed E-state index contributed by atoms with van der Waals surface area (Å²) in [5.74, 6) is -58.7. The topological polar surface area (TPSA) is 29.1 Å². The van der Waals surface area contributed by atoms with Crippen molar-refractivity contribution in [1.29, 1.82) is 0 Å². The Bertz CT molecular complexity index is 735. The highest BCUT2D eigenvalue weighted by molar-refractivity contribution is 5.92. The van der Waals surface area contributed by atoms with E-state index in [9.17, 15) is 79.4 Å². The molecule has 0 heterocycles. The molecule has 0 saturated carbocycles. The third-order valence-electron chi connectivity index (χ3n) is 3.65. The van der Waals surface area contributed by atoms with Crippen LogP contribution in [-0.2, 0) is 4.79 Å².